The van der Waals surface area contributed by atoms with Crippen LogP contribution in [-0.4, -0.2) is 29.1 Å². The van der Waals surface area contributed by atoms with Gasteiger partial charge in [0.05, 0.1) is 5.25 Å². The van der Waals surface area contributed by atoms with Crippen LogP contribution < -0.4 is 10.6 Å². The molecule has 0 aromatic rings. The minimum atomic E-state index is 0.139. The molecule has 2 aliphatic carbocycles. The van der Waals surface area contributed by atoms with Crippen LogP contribution in [0.4, 0.5) is 0 Å². The van der Waals surface area contributed by atoms with Gasteiger partial charge in [-0.25, -0.2) is 0 Å². The number of carbonyl (C=O) groups is 1. The molecule has 19 heavy (non-hydrogen) atoms. The average molecular weight is 283 g/mol. The van der Waals surface area contributed by atoms with Crippen molar-refractivity contribution in [1.82, 2.24) is 0 Å². The Kier molecular flexibility index (Phi) is 4.50. The number of thioether (sulfide) groups is 1. The van der Waals surface area contributed by atoms with Gasteiger partial charge in [0.2, 0.25) is 0 Å². The SMILES string of the molecule is NC1SC2CCCCC2[NH+]1CC(=O)C1CCCCC1. The molecule has 3 aliphatic rings. The first-order valence-corrected chi connectivity index (χ1v) is 8.99. The molecule has 4 heteroatoms. The molecular formula is C15H27N2OS+. The predicted octanol–water partition coefficient (Wildman–Crippen LogP) is 1.32. The van der Waals surface area contributed by atoms with Crippen molar-refractivity contribution < 1.29 is 9.69 Å². The van der Waals surface area contributed by atoms with Crippen LogP contribution in [0, 0.1) is 5.92 Å². The second kappa shape index (κ2) is 6.15. The molecule has 0 aromatic carbocycles. The summed E-state index contributed by atoms with van der Waals surface area (Å²) >= 11 is 1.93. The maximum atomic E-state index is 12.5. The number of Topliss-reactive ketones (excluding diaryl/α,β-unsaturated/α-hetero) is 1. The van der Waals surface area contributed by atoms with Gasteiger partial charge in [0, 0.05) is 12.3 Å². The zero-order valence-corrected chi connectivity index (χ0v) is 12.6. The van der Waals surface area contributed by atoms with Gasteiger partial charge in [-0.2, -0.15) is 0 Å². The van der Waals surface area contributed by atoms with E-state index in [0.29, 0.717) is 24.3 Å². The summed E-state index contributed by atoms with van der Waals surface area (Å²) in [6, 6.07) is 0.654. The van der Waals surface area contributed by atoms with Crippen LogP contribution >= 0.6 is 11.8 Å². The molecule has 1 heterocycles. The summed E-state index contributed by atoms with van der Waals surface area (Å²) in [7, 11) is 0. The summed E-state index contributed by atoms with van der Waals surface area (Å²) in [4.78, 5) is 13.9. The van der Waals surface area contributed by atoms with Crippen molar-refractivity contribution in [2.75, 3.05) is 6.54 Å². The molecule has 108 valence electrons. The van der Waals surface area contributed by atoms with Crippen molar-refractivity contribution in [3.05, 3.63) is 0 Å². The Morgan fingerprint density at radius 1 is 1.05 bits per heavy atom. The zero-order valence-electron chi connectivity index (χ0n) is 11.8. The van der Waals surface area contributed by atoms with E-state index in [1.54, 1.807) is 0 Å². The molecular weight excluding hydrogens is 256 g/mol. The molecule has 0 bridgehead atoms. The summed E-state index contributed by atoms with van der Waals surface area (Å²) in [6.07, 6.45) is 11.3. The van der Waals surface area contributed by atoms with Crippen LogP contribution in [0.1, 0.15) is 57.8 Å². The summed E-state index contributed by atoms with van der Waals surface area (Å²) in [5.74, 6) is 0.845. The first-order chi connectivity index (χ1) is 9.25. The van der Waals surface area contributed by atoms with E-state index in [1.807, 2.05) is 11.8 Å². The van der Waals surface area contributed by atoms with Crippen LogP contribution in [0.5, 0.6) is 0 Å². The number of carbonyl (C=O) groups excluding carboxylic acids is 1. The smallest absolute Gasteiger partial charge is 0.189 e. The van der Waals surface area contributed by atoms with E-state index < -0.39 is 0 Å². The van der Waals surface area contributed by atoms with Gasteiger partial charge in [-0.3, -0.25) is 10.5 Å². The highest BCUT2D eigenvalue weighted by molar-refractivity contribution is 8.00. The van der Waals surface area contributed by atoms with Crippen molar-refractivity contribution in [2.24, 2.45) is 11.7 Å². The maximum Gasteiger partial charge on any atom is 0.189 e. The molecule has 3 N–H and O–H groups in total. The van der Waals surface area contributed by atoms with Crippen LogP contribution in [0.2, 0.25) is 0 Å². The Morgan fingerprint density at radius 3 is 2.53 bits per heavy atom. The van der Waals surface area contributed by atoms with Gasteiger partial charge in [0.15, 0.2) is 11.3 Å². The molecule has 1 saturated heterocycles. The minimum Gasteiger partial charge on any atom is -0.302 e. The fraction of sp³-hybridized carbons (Fsp3) is 0.933. The van der Waals surface area contributed by atoms with Crippen molar-refractivity contribution >= 4 is 17.5 Å². The van der Waals surface area contributed by atoms with Gasteiger partial charge >= 0.3 is 0 Å². The van der Waals surface area contributed by atoms with E-state index in [2.05, 4.69) is 0 Å². The molecule has 0 radical (unpaired) electrons. The quantitative estimate of drug-likeness (QED) is 0.821. The fourth-order valence-electron chi connectivity index (χ4n) is 4.17. The highest BCUT2D eigenvalue weighted by Gasteiger charge is 2.46. The molecule has 2 saturated carbocycles. The van der Waals surface area contributed by atoms with Crippen molar-refractivity contribution in [3.8, 4) is 0 Å². The van der Waals surface area contributed by atoms with E-state index in [1.165, 1.54) is 49.8 Å². The lowest BCUT2D eigenvalue weighted by molar-refractivity contribution is -0.922. The normalized spacial score (nSPS) is 40.1. The monoisotopic (exact) mass is 283 g/mol. The number of hydrogen-bond donors (Lipinski definition) is 2. The largest absolute Gasteiger partial charge is 0.302 e. The van der Waals surface area contributed by atoms with Crippen molar-refractivity contribution in [2.45, 2.75) is 74.6 Å². The molecule has 0 aromatic heterocycles. The fourth-order valence-corrected chi connectivity index (χ4v) is 5.79. The Morgan fingerprint density at radius 2 is 1.74 bits per heavy atom. The number of fused-ring (bicyclic) bond motifs is 1. The van der Waals surface area contributed by atoms with E-state index in [-0.39, 0.29) is 5.50 Å². The summed E-state index contributed by atoms with van der Waals surface area (Å²) < 4.78 is 0. The van der Waals surface area contributed by atoms with Crippen molar-refractivity contribution in [1.29, 1.82) is 0 Å². The Bertz CT molecular complexity index is 330. The third-order valence-corrected chi connectivity index (χ3v) is 6.81. The topological polar surface area (TPSA) is 47.5 Å². The Hall–Kier alpha value is -0.0600. The maximum absolute atomic E-state index is 12.5. The van der Waals surface area contributed by atoms with E-state index in [4.69, 9.17) is 5.73 Å². The van der Waals surface area contributed by atoms with Gasteiger partial charge in [0.1, 0.15) is 12.6 Å². The Labute approximate surface area is 120 Å². The van der Waals surface area contributed by atoms with Gasteiger partial charge < -0.3 is 4.90 Å². The van der Waals surface area contributed by atoms with Crippen LogP contribution in [0.25, 0.3) is 0 Å². The van der Waals surface area contributed by atoms with Gasteiger partial charge in [0.25, 0.3) is 0 Å². The second-order valence-corrected chi connectivity index (χ2v) is 7.92. The van der Waals surface area contributed by atoms with Gasteiger partial charge in [-0.05, 0) is 25.7 Å². The first-order valence-electron chi connectivity index (χ1n) is 8.05. The predicted molar refractivity (Wildman–Crippen MR) is 79.0 cm³/mol. The minimum absolute atomic E-state index is 0.139. The highest BCUT2D eigenvalue weighted by Crippen LogP contribution is 2.32. The number of rotatable bonds is 3. The average Bonchev–Trinajstić information content (AvgIpc) is 2.76. The van der Waals surface area contributed by atoms with E-state index in [9.17, 15) is 4.79 Å². The summed E-state index contributed by atoms with van der Waals surface area (Å²) in [5.41, 5.74) is 6.43. The molecule has 0 amide bonds. The van der Waals surface area contributed by atoms with Crippen LogP contribution in [0.15, 0.2) is 0 Å². The molecule has 1 aliphatic heterocycles. The molecule has 0 spiro atoms. The van der Waals surface area contributed by atoms with Crippen molar-refractivity contribution in [3.63, 3.8) is 0 Å². The summed E-state index contributed by atoms with van der Waals surface area (Å²) in [5, 5.41) is 0.720. The Balaban J connectivity index is 1.60. The number of hydrogen-bond acceptors (Lipinski definition) is 3. The molecule has 3 fully saturated rings. The lowest BCUT2D eigenvalue weighted by Gasteiger charge is -2.29. The zero-order chi connectivity index (χ0) is 13.2. The molecule has 3 rings (SSSR count). The third kappa shape index (κ3) is 3.01. The number of nitrogens with one attached hydrogen (secondary N) is 1. The molecule has 4 unspecified atom stereocenters. The van der Waals surface area contributed by atoms with Crippen LogP contribution in [-0.2, 0) is 4.79 Å². The number of nitrogens with two attached hydrogens (primary N) is 1. The molecule has 3 nitrogen and oxygen atoms in total. The lowest BCUT2D eigenvalue weighted by Crippen LogP contribution is -3.19. The molecule has 4 atom stereocenters. The van der Waals surface area contributed by atoms with Gasteiger partial charge in [-0.1, -0.05) is 37.4 Å². The standard InChI is InChI=1S/C15H26N2OS/c16-15-17(12-8-4-5-9-14(12)19-15)10-13(18)11-6-2-1-3-7-11/h11-12,14-15H,1-10,16H2/p+1. The number of ketones is 1. The van der Waals surface area contributed by atoms with E-state index in [0.717, 1.165) is 18.1 Å². The third-order valence-electron chi connectivity index (χ3n) is 5.30. The second-order valence-electron chi connectivity index (χ2n) is 6.54. The summed E-state index contributed by atoms with van der Waals surface area (Å²) in [6.45, 7) is 0.694. The van der Waals surface area contributed by atoms with Gasteiger partial charge in [-0.15, -0.1) is 0 Å². The first kappa shape index (κ1) is 13.9. The highest BCUT2D eigenvalue weighted by atomic mass is 32.2. The lowest BCUT2D eigenvalue weighted by atomic mass is 9.85. The van der Waals surface area contributed by atoms with E-state index >= 15 is 0 Å². The van der Waals surface area contributed by atoms with Crippen LogP contribution in [0.3, 0.4) is 0 Å². The number of quaternary nitrogens is 1.